The van der Waals surface area contributed by atoms with Crippen LogP contribution in [-0.4, -0.2) is 4.98 Å². The van der Waals surface area contributed by atoms with E-state index in [0.717, 1.165) is 10.0 Å². The van der Waals surface area contributed by atoms with E-state index in [1.54, 1.807) is 0 Å². The minimum absolute atomic E-state index is 0.209. The molecule has 2 rings (SSSR count). The second-order valence-corrected chi connectivity index (χ2v) is 4.43. The van der Waals surface area contributed by atoms with Gasteiger partial charge in [0.2, 0.25) is 0 Å². The van der Waals surface area contributed by atoms with Crippen LogP contribution >= 0.6 is 27.5 Å². The van der Waals surface area contributed by atoms with Crippen molar-refractivity contribution in [1.29, 1.82) is 0 Å². The zero-order valence-electron chi connectivity index (χ0n) is 8.54. The van der Waals surface area contributed by atoms with Crippen molar-refractivity contribution in [1.82, 2.24) is 4.98 Å². The minimum atomic E-state index is 0.209. The number of aromatic nitrogens is 1. The lowest BCUT2D eigenvalue weighted by Gasteiger charge is -2.04. The van der Waals surface area contributed by atoms with Crippen LogP contribution in [0.1, 0.15) is 11.3 Å². The second kappa shape index (κ2) is 4.89. The fourth-order valence-electron chi connectivity index (χ4n) is 1.22. The van der Waals surface area contributed by atoms with Crippen molar-refractivity contribution in [2.45, 2.75) is 12.8 Å². The quantitative estimate of drug-likeness (QED) is 0.794. The predicted molar refractivity (Wildman–Crippen MR) is 65.0 cm³/mol. The summed E-state index contributed by atoms with van der Waals surface area (Å²) in [7, 11) is 0. The van der Waals surface area contributed by atoms with E-state index in [1.165, 1.54) is 6.26 Å². The molecule has 0 spiro atoms. The van der Waals surface area contributed by atoms with Gasteiger partial charge in [-0.3, -0.25) is 0 Å². The SMILES string of the molecule is Cc1cc(Br)ccc1Oc1nc(CCl)co1. The highest BCUT2D eigenvalue weighted by atomic mass is 79.9. The fourth-order valence-corrected chi connectivity index (χ4v) is 1.82. The van der Waals surface area contributed by atoms with E-state index in [9.17, 15) is 0 Å². The standard InChI is InChI=1S/C11H9BrClNO2/c1-7-4-8(12)2-3-10(7)16-11-14-9(5-13)6-15-11/h2-4,6H,5H2,1H3. The van der Waals surface area contributed by atoms with Crippen LogP contribution in [0.15, 0.2) is 33.4 Å². The minimum Gasteiger partial charge on any atom is -0.417 e. The third kappa shape index (κ3) is 2.57. The van der Waals surface area contributed by atoms with Gasteiger partial charge in [0.1, 0.15) is 12.0 Å². The average Bonchev–Trinajstić information content (AvgIpc) is 2.70. The van der Waals surface area contributed by atoms with E-state index >= 15 is 0 Å². The molecule has 0 saturated heterocycles. The van der Waals surface area contributed by atoms with E-state index in [1.807, 2.05) is 25.1 Å². The molecule has 1 aromatic carbocycles. The molecule has 0 radical (unpaired) electrons. The lowest BCUT2D eigenvalue weighted by atomic mass is 10.2. The molecular weight excluding hydrogens is 293 g/mol. The van der Waals surface area contributed by atoms with E-state index in [-0.39, 0.29) is 6.08 Å². The van der Waals surface area contributed by atoms with Gasteiger partial charge in [-0.25, -0.2) is 0 Å². The molecule has 0 bridgehead atoms. The van der Waals surface area contributed by atoms with Gasteiger partial charge >= 0.3 is 6.08 Å². The fraction of sp³-hybridized carbons (Fsp3) is 0.182. The van der Waals surface area contributed by atoms with Gasteiger partial charge in [-0.05, 0) is 30.7 Å². The summed E-state index contributed by atoms with van der Waals surface area (Å²) >= 11 is 9.00. The molecule has 2 aromatic rings. The molecule has 0 amide bonds. The number of halogens is 2. The molecule has 0 unspecified atom stereocenters. The monoisotopic (exact) mass is 301 g/mol. The summed E-state index contributed by atoms with van der Waals surface area (Å²) in [4.78, 5) is 4.06. The van der Waals surface area contributed by atoms with Gasteiger partial charge in [0.15, 0.2) is 0 Å². The smallest absolute Gasteiger partial charge is 0.399 e. The summed E-state index contributed by atoms with van der Waals surface area (Å²) in [5.41, 5.74) is 1.66. The first kappa shape index (κ1) is 11.5. The molecule has 0 fully saturated rings. The number of oxazole rings is 1. The van der Waals surface area contributed by atoms with Crippen molar-refractivity contribution < 1.29 is 9.15 Å². The van der Waals surface area contributed by atoms with Gasteiger partial charge in [0.05, 0.1) is 11.6 Å². The van der Waals surface area contributed by atoms with E-state index < -0.39 is 0 Å². The van der Waals surface area contributed by atoms with Crippen molar-refractivity contribution >= 4 is 27.5 Å². The summed E-state index contributed by atoms with van der Waals surface area (Å²) in [6, 6.07) is 5.71. The number of alkyl halides is 1. The second-order valence-electron chi connectivity index (χ2n) is 3.25. The van der Waals surface area contributed by atoms with Gasteiger partial charge < -0.3 is 9.15 Å². The Hall–Kier alpha value is -1.00. The highest BCUT2D eigenvalue weighted by Crippen LogP contribution is 2.27. The van der Waals surface area contributed by atoms with Gasteiger partial charge in [0, 0.05) is 4.47 Å². The lowest BCUT2D eigenvalue weighted by Crippen LogP contribution is -1.88. The van der Waals surface area contributed by atoms with E-state index in [2.05, 4.69) is 20.9 Å². The maximum Gasteiger partial charge on any atom is 0.399 e. The Kier molecular flexibility index (Phi) is 3.51. The Balaban J connectivity index is 2.20. The van der Waals surface area contributed by atoms with Crippen molar-refractivity contribution in [3.8, 4) is 11.8 Å². The summed E-state index contributed by atoms with van der Waals surface area (Å²) in [6.07, 6.45) is 1.69. The normalized spacial score (nSPS) is 10.4. The summed E-state index contributed by atoms with van der Waals surface area (Å²) in [5.74, 6) is 1.03. The van der Waals surface area contributed by atoms with Crippen molar-refractivity contribution in [3.05, 3.63) is 40.2 Å². The molecule has 0 aliphatic rings. The number of aryl methyl sites for hydroxylation is 1. The maximum absolute atomic E-state index is 5.61. The van der Waals surface area contributed by atoms with Crippen LogP contribution in [0.2, 0.25) is 0 Å². The zero-order chi connectivity index (χ0) is 11.5. The molecule has 1 aromatic heterocycles. The van der Waals surface area contributed by atoms with Crippen molar-refractivity contribution in [2.24, 2.45) is 0 Å². The largest absolute Gasteiger partial charge is 0.417 e. The molecule has 0 saturated carbocycles. The molecule has 84 valence electrons. The van der Waals surface area contributed by atoms with Gasteiger partial charge in [-0.15, -0.1) is 11.6 Å². The Labute approximate surface area is 107 Å². The maximum atomic E-state index is 5.61. The summed E-state index contributed by atoms with van der Waals surface area (Å²) < 4.78 is 11.6. The van der Waals surface area contributed by atoms with Crippen molar-refractivity contribution in [3.63, 3.8) is 0 Å². The molecule has 3 nitrogen and oxygen atoms in total. The number of hydrogen-bond donors (Lipinski definition) is 0. The Bertz CT molecular complexity index is 498. The van der Waals surface area contributed by atoms with Gasteiger partial charge in [-0.1, -0.05) is 15.9 Å². The molecule has 5 heteroatoms. The first-order chi connectivity index (χ1) is 7.69. The third-order valence-corrected chi connectivity index (χ3v) is 2.77. The van der Waals surface area contributed by atoms with Gasteiger partial charge in [-0.2, -0.15) is 4.98 Å². The first-order valence-electron chi connectivity index (χ1n) is 4.63. The number of ether oxygens (including phenoxy) is 1. The van der Waals surface area contributed by atoms with Crippen LogP contribution in [0.5, 0.6) is 11.8 Å². The van der Waals surface area contributed by atoms with Crippen LogP contribution in [0.3, 0.4) is 0 Å². The summed E-state index contributed by atoms with van der Waals surface area (Å²) in [5, 5.41) is 0. The highest BCUT2D eigenvalue weighted by Gasteiger charge is 2.07. The topological polar surface area (TPSA) is 35.3 Å². The molecule has 16 heavy (non-hydrogen) atoms. The molecule has 1 heterocycles. The highest BCUT2D eigenvalue weighted by molar-refractivity contribution is 9.10. The molecular formula is C11H9BrClNO2. The number of nitrogens with zero attached hydrogens (tertiary/aromatic N) is 1. The Morgan fingerprint density at radius 3 is 2.94 bits per heavy atom. The molecule has 0 N–H and O–H groups in total. The molecule has 0 atom stereocenters. The molecule has 0 aliphatic carbocycles. The predicted octanol–water partition coefficient (Wildman–Crippen LogP) is 4.28. The van der Waals surface area contributed by atoms with Crippen LogP contribution in [0.25, 0.3) is 0 Å². The lowest BCUT2D eigenvalue weighted by molar-refractivity contribution is 0.329. The van der Waals surface area contributed by atoms with Crippen LogP contribution in [0, 0.1) is 6.92 Å². The Morgan fingerprint density at radius 1 is 1.50 bits per heavy atom. The van der Waals surface area contributed by atoms with Crippen LogP contribution in [-0.2, 0) is 5.88 Å². The van der Waals surface area contributed by atoms with Crippen LogP contribution < -0.4 is 4.74 Å². The van der Waals surface area contributed by atoms with Crippen molar-refractivity contribution in [2.75, 3.05) is 0 Å². The number of hydrogen-bond acceptors (Lipinski definition) is 3. The first-order valence-corrected chi connectivity index (χ1v) is 5.96. The zero-order valence-corrected chi connectivity index (χ0v) is 10.9. The van der Waals surface area contributed by atoms with Gasteiger partial charge in [0.25, 0.3) is 0 Å². The average molecular weight is 303 g/mol. The third-order valence-electron chi connectivity index (χ3n) is 2.00. The Morgan fingerprint density at radius 2 is 2.31 bits per heavy atom. The number of rotatable bonds is 3. The van der Waals surface area contributed by atoms with E-state index in [0.29, 0.717) is 17.3 Å². The summed E-state index contributed by atoms with van der Waals surface area (Å²) in [6.45, 7) is 1.95. The number of benzene rings is 1. The molecule has 0 aliphatic heterocycles. The van der Waals surface area contributed by atoms with E-state index in [4.69, 9.17) is 20.8 Å². The van der Waals surface area contributed by atoms with Crippen LogP contribution in [0.4, 0.5) is 0 Å².